The van der Waals surface area contributed by atoms with Crippen molar-refractivity contribution in [3.05, 3.63) is 23.8 Å². The Morgan fingerprint density at radius 2 is 2.29 bits per heavy atom. The first-order valence-electron chi connectivity index (χ1n) is 5.47. The maximum Gasteiger partial charge on any atom is 0.251 e. The third kappa shape index (κ3) is 2.34. The van der Waals surface area contributed by atoms with Crippen LogP contribution in [0.1, 0.15) is 23.2 Å². The van der Waals surface area contributed by atoms with Crippen LogP contribution in [0.3, 0.4) is 0 Å². The van der Waals surface area contributed by atoms with Crippen molar-refractivity contribution in [1.29, 1.82) is 0 Å². The van der Waals surface area contributed by atoms with Gasteiger partial charge in [0.15, 0.2) is 0 Å². The van der Waals surface area contributed by atoms with Crippen LogP contribution in [0.25, 0.3) is 0 Å². The van der Waals surface area contributed by atoms with Crippen molar-refractivity contribution >= 4 is 11.6 Å². The van der Waals surface area contributed by atoms with E-state index in [0.717, 1.165) is 12.8 Å². The maximum atomic E-state index is 11.9. The molecule has 0 aliphatic heterocycles. The number of hydrogen-bond donors (Lipinski definition) is 3. The first-order valence-corrected chi connectivity index (χ1v) is 5.47. The van der Waals surface area contributed by atoms with Crippen LogP contribution in [-0.4, -0.2) is 30.3 Å². The average Bonchev–Trinajstić information content (AvgIpc) is 3.10. The lowest BCUT2D eigenvalue weighted by Crippen LogP contribution is -2.39. The molecular weight excluding hydrogens is 220 g/mol. The fourth-order valence-corrected chi connectivity index (χ4v) is 1.64. The number of nitrogen functional groups attached to an aromatic ring is 1. The summed E-state index contributed by atoms with van der Waals surface area (Å²) in [4.78, 5) is 11.9. The fourth-order valence-electron chi connectivity index (χ4n) is 1.64. The van der Waals surface area contributed by atoms with Gasteiger partial charge in [0.1, 0.15) is 5.75 Å². The van der Waals surface area contributed by atoms with Gasteiger partial charge in [-0.05, 0) is 31.0 Å². The minimum absolute atomic E-state index is 0.0230. The van der Waals surface area contributed by atoms with Gasteiger partial charge >= 0.3 is 0 Å². The molecule has 1 amide bonds. The zero-order valence-electron chi connectivity index (χ0n) is 9.69. The molecule has 1 aliphatic carbocycles. The summed E-state index contributed by atoms with van der Waals surface area (Å²) in [6.45, 7) is -0.0230. The number of carbonyl (C=O) groups is 1. The van der Waals surface area contributed by atoms with Crippen molar-refractivity contribution in [2.45, 2.75) is 18.4 Å². The van der Waals surface area contributed by atoms with Gasteiger partial charge in [0.25, 0.3) is 5.91 Å². The molecule has 17 heavy (non-hydrogen) atoms. The number of nitrogens with one attached hydrogen (secondary N) is 1. The van der Waals surface area contributed by atoms with E-state index >= 15 is 0 Å². The highest BCUT2D eigenvalue weighted by molar-refractivity contribution is 5.96. The number of rotatable bonds is 4. The number of carbonyl (C=O) groups excluding carboxylic acids is 1. The average molecular weight is 236 g/mol. The predicted octanol–water partition coefficient (Wildman–Crippen LogP) is 0.532. The molecule has 0 heterocycles. The minimum Gasteiger partial charge on any atom is -0.495 e. The van der Waals surface area contributed by atoms with Gasteiger partial charge in [-0.15, -0.1) is 0 Å². The molecule has 0 aromatic heterocycles. The summed E-state index contributed by atoms with van der Waals surface area (Å²) in [5.74, 6) is 0.265. The molecule has 0 spiro atoms. The summed E-state index contributed by atoms with van der Waals surface area (Å²) < 4.78 is 5.05. The number of hydrogen-bond acceptors (Lipinski definition) is 4. The maximum absolute atomic E-state index is 11.9. The van der Waals surface area contributed by atoms with E-state index in [0.29, 0.717) is 17.0 Å². The number of amides is 1. The van der Waals surface area contributed by atoms with E-state index in [4.69, 9.17) is 15.6 Å². The van der Waals surface area contributed by atoms with E-state index in [1.165, 1.54) is 7.11 Å². The Kier molecular flexibility index (Phi) is 2.93. The summed E-state index contributed by atoms with van der Waals surface area (Å²) in [6, 6.07) is 4.87. The molecule has 92 valence electrons. The van der Waals surface area contributed by atoms with Crippen LogP contribution in [-0.2, 0) is 0 Å². The van der Waals surface area contributed by atoms with E-state index in [9.17, 15) is 4.79 Å². The Bertz CT molecular complexity index is 441. The van der Waals surface area contributed by atoms with Crippen molar-refractivity contribution in [2.75, 3.05) is 19.5 Å². The minimum atomic E-state index is -0.411. The first kappa shape index (κ1) is 11.7. The van der Waals surface area contributed by atoms with Gasteiger partial charge in [0.2, 0.25) is 0 Å². The van der Waals surface area contributed by atoms with Gasteiger partial charge in [-0.2, -0.15) is 0 Å². The smallest absolute Gasteiger partial charge is 0.251 e. The van der Waals surface area contributed by atoms with Crippen molar-refractivity contribution in [2.24, 2.45) is 0 Å². The van der Waals surface area contributed by atoms with Crippen molar-refractivity contribution in [1.82, 2.24) is 5.32 Å². The molecule has 0 bridgehead atoms. The summed E-state index contributed by atoms with van der Waals surface area (Å²) in [5, 5.41) is 12.0. The molecule has 1 aliphatic rings. The van der Waals surface area contributed by atoms with Gasteiger partial charge in [-0.25, -0.2) is 0 Å². The molecule has 0 radical (unpaired) electrons. The third-order valence-electron chi connectivity index (χ3n) is 3.03. The number of benzene rings is 1. The number of aliphatic hydroxyl groups is 1. The largest absolute Gasteiger partial charge is 0.495 e. The number of methoxy groups -OCH3 is 1. The predicted molar refractivity (Wildman–Crippen MR) is 63.9 cm³/mol. The number of ether oxygens (including phenoxy) is 1. The summed E-state index contributed by atoms with van der Waals surface area (Å²) >= 11 is 0. The Hall–Kier alpha value is -1.75. The van der Waals surface area contributed by atoms with Crippen LogP contribution < -0.4 is 15.8 Å². The van der Waals surface area contributed by atoms with E-state index in [2.05, 4.69) is 5.32 Å². The van der Waals surface area contributed by atoms with E-state index in [1.54, 1.807) is 18.2 Å². The number of aliphatic hydroxyl groups excluding tert-OH is 1. The zero-order valence-corrected chi connectivity index (χ0v) is 9.69. The van der Waals surface area contributed by atoms with Crippen molar-refractivity contribution in [3.63, 3.8) is 0 Å². The van der Waals surface area contributed by atoms with E-state index < -0.39 is 5.54 Å². The molecule has 1 fully saturated rings. The van der Waals surface area contributed by atoms with Gasteiger partial charge in [0, 0.05) is 5.56 Å². The third-order valence-corrected chi connectivity index (χ3v) is 3.03. The summed E-state index contributed by atoms with van der Waals surface area (Å²) in [5.41, 5.74) is 6.23. The van der Waals surface area contributed by atoms with Crippen molar-refractivity contribution in [3.8, 4) is 5.75 Å². The second-order valence-corrected chi connectivity index (χ2v) is 4.35. The van der Waals surface area contributed by atoms with Crippen molar-refractivity contribution < 1.29 is 14.6 Å². The van der Waals surface area contributed by atoms with E-state index in [-0.39, 0.29) is 12.5 Å². The molecule has 5 heteroatoms. The lowest BCUT2D eigenvalue weighted by atomic mass is 10.1. The zero-order chi connectivity index (χ0) is 12.5. The molecule has 0 saturated heterocycles. The SMILES string of the molecule is COc1cc(C(=O)NC2(CO)CC2)ccc1N. The lowest BCUT2D eigenvalue weighted by Gasteiger charge is -2.14. The second-order valence-electron chi connectivity index (χ2n) is 4.35. The highest BCUT2D eigenvalue weighted by Crippen LogP contribution is 2.35. The van der Waals surface area contributed by atoms with Crippen LogP contribution in [0.5, 0.6) is 5.75 Å². The summed E-state index contributed by atoms with van der Waals surface area (Å²) in [6.07, 6.45) is 1.64. The molecule has 1 aromatic carbocycles. The van der Waals surface area contributed by atoms with Crippen LogP contribution in [0.15, 0.2) is 18.2 Å². The molecule has 1 aromatic rings. The van der Waals surface area contributed by atoms with Crippen LogP contribution in [0.4, 0.5) is 5.69 Å². The van der Waals surface area contributed by atoms with Gasteiger partial charge in [-0.3, -0.25) is 4.79 Å². The number of nitrogens with two attached hydrogens (primary N) is 1. The Balaban J connectivity index is 2.14. The molecule has 5 nitrogen and oxygen atoms in total. The second kappa shape index (κ2) is 4.25. The van der Waals surface area contributed by atoms with Gasteiger partial charge < -0.3 is 20.9 Å². The molecule has 1 saturated carbocycles. The Labute approximate surface area is 99.6 Å². The fraction of sp³-hybridized carbons (Fsp3) is 0.417. The first-order chi connectivity index (χ1) is 8.10. The van der Waals surface area contributed by atoms with E-state index in [1.807, 2.05) is 0 Å². The summed E-state index contributed by atoms with van der Waals surface area (Å²) in [7, 11) is 1.50. The van der Waals surface area contributed by atoms with Crippen LogP contribution >= 0.6 is 0 Å². The van der Waals surface area contributed by atoms with Gasteiger partial charge in [-0.1, -0.05) is 0 Å². The monoisotopic (exact) mass is 236 g/mol. The molecule has 2 rings (SSSR count). The highest BCUT2D eigenvalue weighted by Gasteiger charge is 2.43. The molecule has 0 unspecified atom stereocenters. The molecule has 0 atom stereocenters. The van der Waals surface area contributed by atoms with Gasteiger partial charge in [0.05, 0.1) is 24.9 Å². The molecule has 4 N–H and O–H groups in total. The lowest BCUT2D eigenvalue weighted by molar-refractivity contribution is 0.0906. The molecular formula is C12H16N2O3. The quantitative estimate of drug-likeness (QED) is 0.666. The Morgan fingerprint density at radius 1 is 1.59 bits per heavy atom. The highest BCUT2D eigenvalue weighted by atomic mass is 16.5. The normalized spacial score (nSPS) is 16.4. The Morgan fingerprint density at radius 3 is 2.82 bits per heavy atom. The standard InChI is InChI=1S/C12H16N2O3/c1-17-10-6-8(2-3-9(10)13)11(16)14-12(7-15)4-5-12/h2-3,6,15H,4-5,7,13H2,1H3,(H,14,16). The topological polar surface area (TPSA) is 84.6 Å². The van der Waals surface area contributed by atoms with Crippen LogP contribution in [0.2, 0.25) is 0 Å². The number of anilines is 1. The van der Waals surface area contributed by atoms with Crippen LogP contribution in [0, 0.1) is 0 Å².